The first-order chi connectivity index (χ1) is 6.00. The van der Waals surface area contributed by atoms with Gasteiger partial charge in [-0.3, -0.25) is 0 Å². The van der Waals surface area contributed by atoms with Gasteiger partial charge in [-0.1, -0.05) is 83.1 Å². The molecule has 0 saturated carbocycles. The van der Waals surface area contributed by atoms with Crippen LogP contribution in [-0.4, -0.2) is 0 Å². The van der Waals surface area contributed by atoms with E-state index in [9.17, 15) is 0 Å². The standard InChI is InChI=1S/6C2H6.H2S/c6*1-2;/h6*1-2H3;1H2. The minimum Gasteiger partial charge on any atom is -0.197 e. The third-order valence-electron chi connectivity index (χ3n) is 0. The molecule has 0 radical (unpaired) electrons. The largest absolute Gasteiger partial charge is 0.197 e. The van der Waals surface area contributed by atoms with Crippen molar-refractivity contribution in [1.29, 1.82) is 0 Å². The molecule has 0 bridgehead atoms. The zero-order chi connectivity index (χ0) is 12.0. The summed E-state index contributed by atoms with van der Waals surface area (Å²) in [5.74, 6) is 0. The van der Waals surface area contributed by atoms with Crippen molar-refractivity contribution in [3.8, 4) is 0 Å². The molecular formula is C12H38S. The lowest BCUT2D eigenvalue weighted by molar-refractivity contribution is 1.50. The van der Waals surface area contributed by atoms with E-state index in [2.05, 4.69) is 0 Å². The van der Waals surface area contributed by atoms with E-state index in [-0.39, 0.29) is 13.5 Å². The summed E-state index contributed by atoms with van der Waals surface area (Å²) < 4.78 is 0. The first kappa shape index (κ1) is 50.5. The number of hydrogen-bond donors (Lipinski definition) is 0. The summed E-state index contributed by atoms with van der Waals surface area (Å²) in [6, 6.07) is 0. The predicted molar refractivity (Wildman–Crippen MR) is 78.5 cm³/mol. The van der Waals surface area contributed by atoms with E-state index in [1.807, 2.05) is 83.1 Å². The SMILES string of the molecule is CC.CC.CC.CC.CC.CC.S. The molecular weight excluding hydrogens is 176 g/mol. The van der Waals surface area contributed by atoms with Gasteiger partial charge in [-0.25, -0.2) is 0 Å². The second-order valence-electron chi connectivity index (χ2n) is 0. The zero-order valence-electron chi connectivity index (χ0n) is 12.5. The monoisotopic (exact) mass is 214 g/mol. The Bertz CT molecular complexity index is 5.09. The third kappa shape index (κ3) is 10800. The molecule has 0 aliphatic rings. The van der Waals surface area contributed by atoms with Crippen molar-refractivity contribution in [2.45, 2.75) is 83.1 Å². The van der Waals surface area contributed by atoms with Crippen LogP contribution in [0.25, 0.3) is 0 Å². The quantitative estimate of drug-likeness (QED) is 0.446. The number of hydrogen-bond acceptors (Lipinski definition) is 0. The molecule has 0 aromatic carbocycles. The highest BCUT2D eigenvalue weighted by atomic mass is 32.1. The minimum absolute atomic E-state index is 0. The molecule has 0 atom stereocenters. The average Bonchev–Trinajstić information content (AvgIpc) is 2.33. The van der Waals surface area contributed by atoms with E-state index < -0.39 is 0 Å². The van der Waals surface area contributed by atoms with Crippen LogP contribution in [0.15, 0.2) is 0 Å². The molecule has 0 fully saturated rings. The van der Waals surface area contributed by atoms with Crippen molar-refractivity contribution in [3.63, 3.8) is 0 Å². The molecule has 0 heterocycles. The van der Waals surface area contributed by atoms with E-state index in [1.165, 1.54) is 0 Å². The molecule has 0 nitrogen and oxygen atoms in total. The average molecular weight is 215 g/mol. The van der Waals surface area contributed by atoms with Crippen molar-refractivity contribution < 1.29 is 0 Å². The normalized spacial score (nSPS) is 2.77. The molecule has 0 rings (SSSR count). The van der Waals surface area contributed by atoms with Crippen molar-refractivity contribution >= 4 is 13.5 Å². The maximum Gasteiger partial charge on any atom is -0.0683 e. The van der Waals surface area contributed by atoms with Crippen LogP contribution in [0.3, 0.4) is 0 Å². The Balaban J connectivity index is -0.00000000655. The van der Waals surface area contributed by atoms with Crippen LogP contribution < -0.4 is 0 Å². The summed E-state index contributed by atoms with van der Waals surface area (Å²) in [6.07, 6.45) is 0. The molecule has 92 valence electrons. The molecule has 0 spiro atoms. The minimum atomic E-state index is 0. The van der Waals surface area contributed by atoms with Gasteiger partial charge in [-0.05, 0) is 0 Å². The Hall–Kier alpha value is 0.350. The predicted octanol–water partition coefficient (Wildman–Crippen LogP) is 6.27. The Morgan fingerprint density at radius 1 is 0.231 bits per heavy atom. The molecule has 0 amide bonds. The van der Waals surface area contributed by atoms with Crippen LogP contribution in [-0.2, 0) is 0 Å². The fourth-order valence-corrected chi connectivity index (χ4v) is 0. The first-order valence-corrected chi connectivity index (χ1v) is 6.00. The summed E-state index contributed by atoms with van der Waals surface area (Å²) in [6.45, 7) is 24.0. The van der Waals surface area contributed by atoms with Gasteiger partial charge in [0.05, 0.1) is 0 Å². The molecule has 0 unspecified atom stereocenters. The van der Waals surface area contributed by atoms with Gasteiger partial charge in [-0.15, -0.1) is 0 Å². The fourth-order valence-electron chi connectivity index (χ4n) is 0. The van der Waals surface area contributed by atoms with Gasteiger partial charge in [0.2, 0.25) is 0 Å². The van der Waals surface area contributed by atoms with E-state index in [4.69, 9.17) is 0 Å². The molecule has 13 heavy (non-hydrogen) atoms. The van der Waals surface area contributed by atoms with Crippen LogP contribution in [0.5, 0.6) is 0 Å². The topological polar surface area (TPSA) is 0 Å². The summed E-state index contributed by atoms with van der Waals surface area (Å²) in [5.41, 5.74) is 0. The molecule has 0 aromatic heterocycles. The van der Waals surface area contributed by atoms with Crippen molar-refractivity contribution in [2.24, 2.45) is 0 Å². The summed E-state index contributed by atoms with van der Waals surface area (Å²) in [7, 11) is 0. The van der Waals surface area contributed by atoms with Gasteiger partial charge in [-0.2, -0.15) is 13.5 Å². The molecule has 0 aromatic rings. The molecule has 0 aliphatic carbocycles. The lowest BCUT2D eigenvalue weighted by atomic mass is 11.0. The smallest absolute Gasteiger partial charge is 0.0683 e. The molecule has 1 heteroatoms. The van der Waals surface area contributed by atoms with Gasteiger partial charge in [0, 0.05) is 0 Å². The fraction of sp³-hybridized carbons (Fsp3) is 1.00. The highest BCUT2D eigenvalue weighted by Gasteiger charge is 0.942. The van der Waals surface area contributed by atoms with Crippen LogP contribution >= 0.6 is 13.5 Å². The Kier molecular flexibility index (Phi) is 50400. The third-order valence-corrected chi connectivity index (χ3v) is 0. The van der Waals surface area contributed by atoms with Crippen molar-refractivity contribution in [2.75, 3.05) is 0 Å². The van der Waals surface area contributed by atoms with Gasteiger partial charge in [0.1, 0.15) is 0 Å². The molecule has 0 aliphatic heterocycles. The first-order valence-electron chi connectivity index (χ1n) is 6.00. The molecule has 0 N–H and O–H groups in total. The zero-order valence-corrected chi connectivity index (χ0v) is 13.5. The lowest BCUT2D eigenvalue weighted by Gasteiger charge is -1.07. The van der Waals surface area contributed by atoms with Crippen LogP contribution in [0, 0.1) is 0 Å². The Labute approximate surface area is 97.0 Å². The molecule has 0 saturated heterocycles. The number of rotatable bonds is 0. The maximum absolute atomic E-state index is 2.00. The Morgan fingerprint density at radius 3 is 0.231 bits per heavy atom. The van der Waals surface area contributed by atoms with Crippen LogP contribution in [0.1, 0.15) is 83.1 Å². The highest BCUT2D eigenvalue weighted by molar-refractivity contribution is 7.59. The Morgan fingerprint density at radius 2 is 0.231 bits per heavy atom. The summed E-state index contributed by atoms with van der Waals surface area (Å²) in [5, 5.41) is 0. The van der Waals surface area contributed by atoms with E-state index >= 15 is 0 Å². The van der Waals surface area contributed by atoms with E-state index in [0.717, 1.165) is 0 Å². The van der Waals surface area contributed by atoms with Crippen molar-refractivity contribution in [1.82, 2.24) is 0 Å². The van der Waals surface area contributed by atoms with Crippen LogP contribution in [0.4, 0.5) is 0 Å². The maximum atomic E-state index is 2.00. The van der Waals surface area contributed by atoms with Crippen molar-refractivity contribution in [3.05, 3.63) is 0 Å². The lowest BCUT2D eigenvalue weighted by Crippen LogP contribution is -0.856. The second kappa shape index (κ2) is 13000. The summed E-state index contributed by atoms with van der Waals surface area (Å²) in [4.78, 5) is 0. The van der Waals surface area contributed by atoms with Gasteiger partial charge >= 0.3 is 0 Å². The van der Waals surface area contributed by atoms with E-state index in [1.54, 1.807) is 0 Å². The van der Waals surface area contributed by atoms with Gasteiger partial charge in [0.25, 0.3) is 0 Å². The van der Waals surface area contributed by atoms with Gasteiger partial charge < -0.3 is 0 Å². The van der Waals surface area contributed by atoms with Gasteiger partial charge in [0.15, 0.2) is 0 Å². The summed E-state index contributed by atoms with van der Waals surface area (Å²) >= 11 is 0. The second-order valence-corrected chi connectivity index (χ2v) is 0. The highest BCUT2D eigenvalue weighted by Crippen LogP contribution is 1.15. The van der Waals surface area contributed by atoms with E-state index in [0.29, 0.717) is 0 Å². The van der Waals surface area contributed by atoms with Crippen LogP contribution in [0.2, 0.25) is 0 Å².